The van der Waals surface area contributed by atoms with Crippen molar-refractivity contribution < 1.29 is 5.32 Å². The van der Waals surface area contributed by atoms with Crippen molar-refractivity contribution in [2.24, 2.45) is 0 Å². The number of nitrogens with zero attached hydrogens (tertiary/aromatic N) is 2. The van der Waals surface area contributed by atoms with Gasteiger partial charge in [-0.25, -0.2) is 4.98 Å². The molecule has 0 saturated carbocycles. The molecular weight excluding hydrogens is 246 g/mol. The van der Waals surface area contributed by atoms with Crippen LogP contribution in [0, 0.1) is 20.8 Å². The summed E-state index contributed by atoms with van der Waals surface area (Å²) in [6.07, 6.45) is 5.87. The third-order valence-corrected chi connectivity index (χ3v) is 3.63. The third kappa shape index (κ3) is 3.36. The second kappa shape index (κ2) is 6.53. The quantitative estimate of drug-likeness (QED) is 0.633. The van der Waals surface area contributed by atoms with Crippen LogP contribution in [0.4, 0.5) is 0 Å². The second-order valence-corrected chi connectivity index (χ2v) is 5.37. The van der Waals surface area contributed by atoms with E-state index in [2.05, 4.69) is 60.5 Å². The lowest BCUT2D eigenvalue weighted by molar-refractivity contribution is -0.663. The lowest BCUT2D eigenvalue weighted by Crippen LogP contribution is -2.82. The predicted molar refractivity (Wildman–Crippen MR) is 82.7 cm³/mol. The van der Waals surface area contributed by atoms with E-state index in [4.69, 9.17) is 0 Å². The third-order valence-electron chi connectivity index (χ3n) is 3.63. The van der Waals surface area contributed by atoms with Gasteiger partial charge >= 0.3 is 0 Å². The van der Waals surface area contributed by atoms with Crippen LogP contribution in [-0.4, -0.2) is 16.1 Å². The van der Waals surface area contributed by atoms with Gasteiger partial charge in [-0.1, -0.05) is 24.3 Å². The highest BCUT2D eigenvalue weighted by atomic mass is 15.1. The summed E-state index contributed by atoms with van der Waals surface area (Å²) in [7, 11) is 0. The minimum Gasteiger partial charge on any atom is -0.337 e. The molecular formula is C17H24N3+. The van der Waals surface area contributed by atoms with Crippen LogP contribution in [0.15, 0.2) is 37.2 Å². The lowest BCUT2D eigenvalue weighted by Gasteiger charge is -2.13. The van der Waals surface area contributed by atoms with Crippen LogP contribution in [0.3, 0.4) is 0 Å². The molecule has 1 aromatic heterocycles. The smallest absolute Gasteiger partial charge is 0.164 e. The zero-order chi connectivity index (χ0) is 14.5. The molecule has 0 aliphatic heterocycles. The van der Waals surface area contributed by atoms with Gasteiger partial charge in [0.1, 0.15) is 6.54 Å². The first-order valence-electron chi connectivity index (χ1n) is 7.11. The van der Waals surface area contributed by atoms with Gasteiger partial charge in [0.15, 0.2) is 5.82 Å². The summed E-state index contributed by atoms with van der Waals surface area (Å²) in [6.45, 7) is 13.0. The van der Waals surface area contributed by atoms with E-state index in [9.17, 15) is 0 Å². The van der Waals surface area contributed by atoms with E-state index in [1.54, 1.807) is 0 Å². The van der Waals surface area contributed by atoms with Gasteiger partial charge in [0.25, 0.3) is 0 Å². The molecule has 0 aliphatic rings. The molecule has 106 valence electrons. The van der Waals surface area contributed by atoms with Crippen molar-refractivity contribution >= 4 is 0 Å². The fourth-order valence-electron chi connectivity index (χ4n) is 2.63. The van der Waals surface area contributed by atoms with Crippen molar-refractivity contribution in [3.63, 3.8) is 0 Å². The number of quaternary nitrogens is 1. The first-order chi connectivity index (χ1) is 9.61. The number of benzene rings is 1. The van der Waals surface area contributed by atoms with Gasteiger partial charge < -0.3 is 9.88 Å². The average Bonchev–Trinajstić information content (AvgIpc) is 2.81. The average molecular weight is 270 g/mol. The first-order valence-corrected chi connectivity index (χ1v) is 7.11. The molecule has 2 N–H and O–H groups in total. The zero-order valence-corrected chi connectivity index (χ0v) is 12.7. The monoisotopic (exact) mass is 270 g/mol. The molecule has 0 atom stereocenters. The van der Waals surface area contributed by atoms with Crippen LogP contribution < -0.4 is 5.32 Å². The standard InChI is InChI=1S/C17H23N3/c1-5-6-18-11-17-19-7-8-20(17)12-16-14(3)9-13(2)10-15(16)4/h5,7-10,18H,1,6,11-12H2,2-4H3/p+1. The molecule has 0 spiro atoms. The van der Waals surface area contributed by atoms with E-state index in [-0.39, 0.29) is 0 Å². The molecule has 2 rings (SSSR count). The van der Waals surface area contributed by atoms with Gasteiger partial charge in [-0.15, -0.1) is 0 Å². The topological polar surface area (TPSA) is 34.4 Å². The maximum Gasteiger partial charge on any atom is 0.164 e. The van der Waals surface area contributed by atoms with Crippen molar-refractivity contribution in [2.75, 3.05) is 6.54 Å². The van der Waals surface area contributed by atoms with Gasteiger partial charge in [-0.05, 0) is 43.5 Å². The normalized spacial score (nSPS) is 10.8. The van der Waals surface area contributed by atoms with Crippen LogP contribution >= 0.6 is 0 Å². The summed E-state index contributed by atoms with van der Waals surface area (Å²) >= 11 is 0. The molecule has 2 aromatic rings. The first kappa shape index (κ1) is 14.5. The zero-order valence-electron chi connectivity index (χ0n) is 12.7. The number of aromatic nitrogens is 2. The van der Waals surface area contributed by atoms with E-state index in [1.807, 2.05) is 12.3 Å². The van der Waals surface area contributed by atoms with Gasteiger partial charge in [0.2, 0.25) is 0 Å². The largest absolute Gasteiger partial charge is 0.337 e. The molecule has 1 heterocycles. The van der Waals surface area contributed by atoms with Crippen molar-refractivity contribution in [1.82, 2.24) is 9.55 Å². The van der Waals surface area contributed by atoms with E-state index in [0.717, 1.165) is 25.5 Å². The molecule has 0 unspecified atom stereocenters. The summed E-state index contributed by atoms with van der Waals surface area (Å²) in [5, 5.41) is 2.21. The number of imidazole rings is 1. The summed E-state index contributed by atoms with van der Waals surface area (Å²) in [6, 6.07) is 4.51. The Hall–Kier alpha value is -1.87. The number of hydrogen-bond acceptors (Lipinski definition) is 1. The van der Waals surface area contributed by atoms with E-state index < -0.39 is 0 Å². The van der Waals surface area contributed by atoms with Crippen molar-refractivity contribution in [1.29, 1.82) is 0 Å². The summed E-state index contributed by atoms with van der Waals surface area (Å²) in [5.74, 6) is 1.12. The number of aryl methyl sites for hydroxylation is 3. The van der Waals surface area contributed by atoms with Crippen LogP contribution in [0.2, 0.25) is 0 Å². The fourth-order valence-corrected chi connectivity index (χ4v) is 2.63. The van der Waals surface area contributed by atoms with Crippen LogP contribution in [0.25, 0.3) is 0 Å². The molecule has 0 amide bonds. The van der Waals surface area contributed by atoms with E-state index in [0.29, 0.717) is 0 Å². The highest BCUT2D eigenvalue weighted by Gasteiger charge is 2.09. The molecule has 0 aliphatic carbocycles. The minimum atomic E-state index is 0.892. The Labute approximate surface area is 121 Å². The Kier molecular flexibility index (Phi) is 4.74. The van der Waals surface area contributed by atoms with Gasteiger partial charge in [0.05, 0.1) is 6.54 Å². The Bertz CT molecular complexity index is 573. The van der Waals surface area contributed by atoms with Crippen molar-refractivity contribution in [3.8, 4) is 0 Å². The molecule has 1 aromatic carbocycles. The molecule has 20 heavy (non-hydrogen) atoms. The Morgan fingerprint density at radius 2 is 1.95 bits per heavy atom. The molecule has 0 radical (unpaired) electrons. The van der Waals surface area contributed by atoms with E-state index >= 15 is 0 Å². The summed E-state index contributed by atoms with van der Waals surface area (Å²) < 4.78 is 2.24. The fraction of sp³-hybridized carbons (Fsp3) is 0.353. The van der Waals surface area contributed by atoms with Crippen LogP contribution in [-0.2, 0) is 13.1 Å². The lowest BCUT2D eigenvalue weighted by atomic mass is 10.00. The SMILES string of the molecule is C=CC[NH2+]Cc1nccn1Cc1c(C)cc(C)cc1C. The molecule has 3 heteroatoms. The Morgan fingerprint density at radius 3 is 2.60 bits per heavy atom. The molecule has 0 saturated heterocycles. The van der Waals surface area contributed by atoms with Crippen LogP contribution in [0.5, 0.6) is 0 Å². The number of nitrogens with two attached hydrogens (primary N) is 1. The Balaban J connectivity index is 2.18. The highest BCUT2D eigenvalue weighted by molar-refractivity contribution is 5.37. The molecule has 0 fully saturated rings. The second-order valence-electron chi connectivity index (χ2n) is 5.37. The summed E-state index contributed by atoms with van der Waals surface area (Å²) in [5.41, 5.74) is 5.45. The van der Waals surface area contributed by atoms with Crippen molar-refractivity contribution in [2.45, 2.75) is 33.9 Å². The van der Waals surface area contributed by atoms with Crippen molar-refractivity contribution in [3.05, 3.63) is 65.3 Å². The van der Waals surface area contributed by atoms with Gasteiger partial charge in [-0.3, -0.25) is 0 Å². The Morgan fingerprint density at radius 1 is 1.25 bits per heavy atom. The maximum absolute atomic E-state index is 4.46. The highest BCUT2D eigenvalue weighted by Crippen LogP contribution is 2.18. The minimum absolute atomic E-state index is 0.892. The number of rotatable bonds is 6. The molecule has 3 nitrogen and oxygen atoms in total. The van der Waals surface area contributed by atoms with E-state index in [1.165, 1.54) is 22.3 Å². The van der Waals surface area contributed by atoms with Gasteiger partial charge in [-0.2, -0.15) is 0 Å². The maximum atomic E-state index is 4.46. The van der Waals surface area contributed by atoms with Crippen LogP contribution in [0.1, 0.15) is 28.1 Å². The van der Waals surface area contributed by atoms with Gasteiger partial charge in [0, 0.05) is 18.9 Å². The summed E-state index contributed by atoms with van der Waals surface area (Å²) in [4.78, 5) is 4.46. The number of hydrogen-bond donors (Lipinski definition) is 1. The molecule has 0 bridgehead atoms. The predicted octanol–water partition coefficient (Wildman–Crippen LogP) is 2.11.